The molecule has 0 radical (unpaired) electrons. The third kappa shape index (κ3) is 4.81. The Balaban J connectivity index is 1.09. The van der Waals surface area contributed by atoms with Crippen LogP contribution < -0.4 is 0 Å². The molecule has 0 saturated heterocycles. The minimum Gasteiger partial charge on any atom is -0.456 e. The maximum atomic E-state index is 7.04. The summed E-state index contributed by atoms with van der Waals surface area (Å²) in [6.07, 6.45) is 0. The first-order valence-electron chi connectivity index (χ1n) is 19.0. The van der Waals surface area contributed by atoms with Gasteiger partial charge in [0.05, 0.1) is 11.0 Å². The van der Waals surface area contributed by atoms with Crippen LogP contribution >= 0.6 is 0 Å². The fourth-order valence-electron chi connectivity index (χ4n) is 8.60. The van der Waals surface area contributed by atoms with Gasteiger partial charge in [-0.1, -0.05) is 158 Å². The minimum atomic E-state index is 0.554. The van der Waals surface area contributed by atoms with Gasteiger partial charge in [0.15, 0.2) is 11.6 Å². The first-order valence-corrected chi connectivity index (χ1v) is 19.0. The molecule has 12 rings (SSSR count). The van der Waals surface area contributed by atoms with Crippen LogP contribution in [0.5, 0.6) is 0 Å². The van der Waals surface area contributed by atoms with Crippen molar-refractivity contribution in [3.05, 3.63) is 182 Å². The van der Waals surface area contributed by atoms with Gasteiger partial charge in [-0.3, -0.25) is 4.57 Å². The van der Waals surface area contributed by atoms with E-state index in [0.29, 0.717) is 17.6 Å². The van der Waals surface area contributed by atoms with Crippen LogP contribution in [0.2, 0.25) is 0 Å². The number of furan rings is 2. The predicted molar refractivity (Wildman–Crippen MR) is 230 cm³/mol. The Morgan fingerprint density at radius 1 is 0.333 bits per heavy atom. The second kappa shape index (κ2) is 12.3. The molecule has 0 saturated carbocycles. The summed E-state index contributed by atoms with van der Waals surface area (Å²) < 4.78 is 15.5. The molecule has 0 atom stereocenters. The molecule has 0 amide bonds. The van der Waals surface area contributed by atoms with E-state index in [0.717, 1.165) is 99.1 Å². The second-order valence-corrected chi connectivity index (χ2v) is 14.3. The Morgan fingerprint density at radius 3 is 1.58 bits per heavy atom. The summed E-state index contributed by atoms with van der Waals surface area (Å²) in [5, 5.41) is 6.53. The average molecular weight is 731 g/mol. The number of hydrogen-bond acceptors (Lipinski definition) is 5. The molecule has 0 unspecified atom stereocenters. The molecule has 6 nitrogen and oxygen atoms in total. The standard InChI is InChI=1S/C51H30N4O2/c1-2-15-31(16-3-1)49-52-50(54-51(53-49)55-42-27-9-6-18-33(42)34-19-7-10-28-43(34)55)40-20-5-4-17-32(40)36-23-12-25-38-39-26-13-24-37(48(39)57-47(36)38)35-22-14-30-45-46(35)41-21-8-11-29-44(41)56-45/h1-30H. The Kier molecular flexibility index (Phi) is 6.83. The van der Waals surface area contributed by atoms with Gasteiger partial charge in [-0.25, -0.2) is 4.98 Å². The summed E-state index contributed by atoms with van der Waals surface area (Å²) in [5.41, 5.74) is 11.2. The predicted octanol–water partition coefficient (Wildman–Crippen LogP) is 13.4. The van der Waals surface area contributed by atoms with Crippen LogP contribution in [0.3, 0.4) is 0 Å². The van der Waals surface area contributed by atoms with Gasteiger partial charge in [0, 0.05) is 54.6 Å². The van der Waals surface area contributed by atoms with E-state index in [4.69, 9.17) is 23.8 Å². The van der Waals surface area contributed by atoms with Crippen molar-refractivity contribution in [2.75, 3.05) is 0 Å². The van der Waals surface area contributed by atoms with Gasteiger partial charge in [0.1, 0.15) is 22.3 Å². The highest BCUT2D eigenvalue weighted by Gasteiger charge is 2.22. The molecule has 12 aromatic rings. The van der Waals surface area contributed by atoms with E-state index in [9.17, 15) is 0 Å². The fraction of sp³-hybridized carbons (Fsp3) is 0. The summed E-state index contributed by atoms with van der Waals surface area (Å²) in [5.74, 6) is 1.72. The van der Waals surface area contributed by atoms with Crippen molar-refractivity contribution in [2.45, 2.75) is 0 Å². The molecule has 266 valence electrons. The molecule has 0 fully saturated rings. The van der Waals surface area contributed by atoms with E-state index >= 15 is 0 Å². The maximum Gasteiger partial charge on any atom is 0.238 e. The third-order valence-electron chi connectivity index (χ3n) is 11.1. The van der Waals surface area contributed by atoms with Gasteiger partial charge >= 0.3 is 0 Å². The second-order valence-electron chi connectivity index (χ2n) is 14.3. The number of aromatic nitrogens is 4. The molecule has 0 aliphatic heterocycles. The summed E-state index contributed by atoms with van der Waals surface area (Å²) in [6, 6.07) is 62.5. The summed E-state index contributed by atoms with van der Waals surface area (Å²) in [7, 11) is 0. The molecular weight excluding hydrogens is 701 g/mol. The summed E-state index contributed by atoms with van der Waals surface area (Å²) in [6.45, 7) is 0. The molecule has 57 heavy (non-hydrogen) atoms. The normalized spacial score (nSPS) is 11.9. The van der Waals surface area contributed by atoms with Crippen molar-refractivity contribution >= 4 is 65.7 Å². The van der Waals surface area contributed by atoms with Gasteiger partial charge in [0.25, 0.3) is 0 Å². The molecule has 0 aliphatic rings. The van der Waals surface area contributed by atoms with Crippen LogP contribution in [0, 0.1) is 0 Å². The molecule has 4 heterocycles. The van der Waals surface area contributed by atoms with Gasteiger partial charge in [-0.15, -0.1) is 0 Å². The zero-order chi connectivity index (χ0) is 37.5. The molecule has 0 aliphatic carbocycles. The van der Waals surface area contributed by atoms with Gasteiger partial charge < -0.3 is 8.83 Å². The minimum absolute atomic E-state index is 0.554. The van der Waals surface area contributed by atoms with Crippen molar-refractivity contribution in [1.29, 1.82) is 0 Å². The van der Waals surface area contributed by atoms with E-state index in [1.165, 1.54) is 0 Å². The Hall–Kier alpha value is -7.83. The highest BCUT2D eigenvalue weighted by atomic mass is 16.3. The molecule has 6 heteroatoms. The molecule has 0 spiro atoms. The van der Waals surface area contributed by atoms with Crippen molar-refractivity contribution < 1.29 is 8.83 Å². The van der Waals surface area contributed by atoms with Gasteiger partial charge in [0.2, 0.25) is 5.95 Å². The van der Waals surface area contributed by atoms with Crippen molar-refractivity contribution in [2.24, 2.45) is 0 Å². The lowest BCUT2D eigenvalue weighted by Crippen LogP contribution is -2.06. The van der Waals surface area contributed by atoms with Gasteiger partial charge in [-0.05, 0) is 35.4 Å². The highest BCUT2D eigenvalue weighted by molar-refractivity contribution is 6.18. The van der Waals surface area contributed by atoms with E-state index < -0.39 is 0 Å². The van der Waals surface area contributed by atoms with Crippen LogP contribution in [0.25, 0.3) is 117 Å². The monoisotopic (exact) mass is 730 g/mol. The van der Waals surface area contributed by atoms with E-state index in [1.54, 1.807) is 0 Å². The quantitative estimate of drug-likeness (QED) is 0.176. The fourth-order valence-corrected chi connectivity index (χ4v) is 8.60. The van der Waals surface area contributed by atoms with Crippen molar-refractivity contribution in [3.63, 3.8) is 0 Å². The summed E-state index contributed by atoms with van der Waals surface area (Å²) >= 11 is 0. The molecule has 0 bridgehead atoms. The number of fused-ring (bicyclic) bond motifs is 9. The molecular formula is C51H30N4O2. The van der Waals surface area contributed by atoms with Crippen molar-refractivity contribution in [3.8, 4) is 51.0 Å². The number of rotatable bonds is 5. The lowest BCUT2D eigenvalue weighted by Gasteiger charge is -2.13. The first kappa shape index (κ1) is 31.5. The Morgan fingerprint density at radius 2 is 0.842 bits per heavy atom. The molecule has 8 aromatic carbocycles. The zero-order valence-electron chi connectivity index (χ0n) is 30.4. The lowest BCUT2D eigenvalue weighted by molar-refractivity contribution is 0.669. The van der Waals surface area contributed by atoms with E-state index in [2.05, 4.69) is 132 Å². The van der Waals surface area contributed by atoms with Crippen LogP contribution in [0.1, 0.15) is 0 Å². The SMILES string of the molecule is c1ccc(-c2nc(-c3ccccc3-c3cccc4c3oc3c(-c5cccc6oc7ccccc7c56)cccc34)nc(-n3c4ccccc4c4ccccc43)n2)cc1. The Bertz CT molecular complexity index is 3490. The lowest BCUT2D eigenvalue weighted by atomic mass is 9.96. The van der Waals surface area contributed by atoms with Crippen LogP contribution in [0.15, 0.2) is 191 Å². The molecule has 0 N–H and O–H groups in total. The van der Waals surface area contributed by atoms with E-state index in [-0.39, 0.29) is 0 Å². The van der Waals surface area contributed by atoms with Gasteiger partial charge in [-0.2, -0.15) is 9.97 Å². The van der Waals surface area contributed by atoms with Crippen LogP contribution in [-0.2, 0) is 0 Å². The number of benzene rings is 8. The topological polar surface area (TPSA) is 69.9 Å². The van der Waals surface area contributed by atoms with Crippen LogP contribution in [0.4, 0.5) is 0 Å². The summed E-state index contributed by atoms with van der Waals surface area (Å²) in [4.78, 5) is 15.6. The van der Waals surface area contributed by atoms with Crippen LogP contribution in [-0.4, -0.2) is 19.5 Å². The highest BCUT2D eigenvalue weighted by Crippen LogP contribution is 2.44. The van der Waals surface area contributed by atoms with E-state index in [1.807, 2.05) is 54.6 Å². The number of para-hydroxylation sites is 5. The third-order valence-corrected chi connectivity index (χ3v) is 11.1. The molecule has 4 aromatic heterocycles. The smallest absolute Gasteiger partial charge is 0.238 e. The Labute approximate surface area is 325 Å². The largest absolute Gasteiger partial charge is 0.456 e. The first-order chi connectivity index (χ1) is 28.3. The zero-order valence-corrected chi connectivity index (χ0v) is 30.4. The van der Waals surface area contributed by atoms with Crippen molar-refractivity contribution in [1.82, 2.24) is 19.5 Å². The maximum absolute atomic E-state index is 7.04. The number of hydrogen-bond donors (Lipinski definition) is 0. The number of nitrogens with zero attached hydrogens (tertiary/aromatic N) is 4. The average Bonchev–Trinajstić information content (AvgIpc) is 3.96.